The fourth-order valence-electron chi connectivity index (χ4n) is 6.70. The summed E-state index contributed by atoms with van der Waals surface area (Å²) in [5, 5.41) is 18.3. The van der Waals surface area contributed by atoms with E-state index in [1.54, 1.807) is 12.5 Å². The molecule has 2 heterocycles. The Balaban J connectivity index is 0.000000122. The first-order chi connectivity index (χ1) is 13.5. The number of carbonyl (C=O) groups is 2. The van der Waals surface area contributed by atoms with E-state index in [1.165, 1.54) is 0 Å². The first kappa shape index (κ1) is 17.6. The molecule has 148 valence electrons. The summed E-state index contributed by atoms with van der Waals surface area (Å²) in [7, 11) is 0. The predicted octanol–water partition coefficient (Wildman–Crippen LogP) is 4.06. The molecule has 0 aliphatic heterocycles. The van der Waals surface area contributed by atoms with Gasteiger partial charge < -0.3 is 19.0 Å². The monoisotopic (exact) mass is 384 g/mol. The lowest BCUT2D eigenvalue weighted by Crippen LogP contribution is -2.48. The second-order valence-electron chi connectivity index (χ2n) is 8.90. The van der Waals surface area contributed by atoms with Crippen LogP contribution in [0.5, 0.6) is 0 Å². The maximum Gasteiger partial charge on any atom is 0.307 e. The summed E-state index contributed by atoms with van der Waals surface area (Å²) in [6, 6.07) is 7.51. The molecule has 2 N–H and O–H groups in total. The maximum absolute atomic E-state index is 11.1. The number of hydrogen-bond donors (Lipinski definition) is 2. The maximum atomic E-state index is 11.1. The van der Waals surface area contributed by atoms with Crippen LogP contribution in [0.4, 0.5) is 0 Å². The van der Waals surface area contributed by atoms with Crippen molar-refractivity contribution in [3.8, 4) is 0 Å². The summed E-state index contributed by atoms with van der Waals surface area (Å²) >= 11 is 0. The molecular formula is C22H24O6. The molecule has 6 aliphatic rings. The SMILES string of the molecule is O=C(O)C1C2CCC1(c1ccco1)C2.O=C(O)C1C2CCC1(c1ccco1)C2. The normalized spacial score (nSPS) is 39.4. The Morgan fingerprint density at radius 1 is 0.821 bits per heavy atom. The molecular weight excluding hydrogens is 360 g/mol. The lowest BCUT2D eigenvalue weighted by atomic mass is 9.59. The zero-order valence-electron chi connectivity index (χ0n) is 15.5. The zero-order valence-corrected chi connectivity index (χ0v) is 15.5. The minimum Gasteiger partial charge on any atom is -0.481 e. The van der Waals surface area contributed by atoms with E-state index < -0.39 is 11.9 Å². The van der Waals surface area contributed by atoms with Crippen molar-refractivity contribution in [3.05, 3.63) is 48.3 Å². The van der Waals surface area contributed by atoms with Gasteiger partial charge in [-0.2, -0.15) is 0 Å². The van der Waals surface area contributed by atoms with E-state index in [0.29, 0.717) is 11.8 Å². The molecule has 6 unspecified atom stereocenters. The smallest absolute Gasteiger partial charge is 0.307 e. The van der Waals surface area contributed by atoms with Crippen LogP contribution in [-0.2, 0) is 20.4 Å². The third-order valence-electron chi connectivity index (χ3n) is 7.86. The van der Waals surface area contributed by atoms with Crippen LogP contribution >= 0.6 is 0 Å². The minimum absolute atomic E-state index is 0.167. The molecule has 6 atom stereocenters. The van der Waals surface area contributed by atoms with Gasteiger partial charge in [0, 0.05) is 10.8 Å². The van der Waals surface area contributed by atoms with Gasteiger partial charge in [-0.1, -0.05) is 0 Å². The highest BCUT2D eigenvalue weighted by Crippen LogP contribution is 2.64. The predicted molar refractivity (Wildman–Crippen MR) is 97.7 cm³/mol. The van der Waals surface area contributed by atoms with Crippen LogP contribution in [0.3, 0.4) is 0 Å². The van der Waals surface area contributed by atoms with Gasteiger partial charge in [-0.15, -0.1) is 0 Å². The molecule has 28 heavy (non-hydrogen) atoms. The summed E-state index contributed by atoms with van der Waals surface area (Å²) in [4.78, 5) is 22.2. The fraction of sp³-hybridized carbons (Fsp3) is 0.545. The number of carboxylic acid groups (broad SMARTS) is 2. The molecule has 2 aromatic rings. The lowest BCUT2D eigenvalue weighted by Gasteiger charge is -2.43. The van der Waals surface area contributed by atoms with Gasteiger partial charge >= 0.3 is 11.9 Å². The van der Waals surface area contributed by atoms with Gasteiger partial charge in [-0.05, 0) is 74.6 Å². The molecule has 0 spiro atoms. The van der Waals surface area contributed by atoms with Crippen LogP contribution in [0, 0.1) is 23.7 Å². The Morgan fingerprint density at radius 2 is 1.25 bits per heavy atom. The van der Waals surface area contributed by atoms with Gasteiger partial charge in [0.05, 0.1) is 24.4 Å². The van der Waals surface area contributed by atoms with Gasteiger partial charge in [-0.3, -0.25) is 9.59 Å². The van der Waals surface area contributed by atoms with Gasteiger partial charge in [0.2, 0.25) is 0 Å². The van der Waals surface area contributed by atoms with Crippen LogP contribution in [0.1, 0.15) is 50.0 Å². The molecule has 8 rings (SSSR count). The number of hydrogen-bond acceptors (Lipinski definition) is 4. The largest absolute Gasteiger partial charge is 0.481 e. The van der Waals surface area contributed by atoms with Crippen molar-refractivity contribution in [1.29, 1.82) is 0 Å². The summed E-state index contributed by atoms with van der Waals surface area (Å²) in [6.07, 6.45) is 9.29. The van der Waals surface area contributed by atoms with Crippen LogP contribution in [0.15, 0.2) is 45.6 Å². The first-order valence-corrected chi connectivity index (χ1v) is 10.0. The van der Waals surface area contributed by atoms with E-state index in [9.17, 15) is 9.59 Å². The highest BCUT2D eigenvalue weighted by molar-refractivity contribution is 5.76. The molecule has 0 saturated heterocycles. The van der Waals surface area contributed by atoms with Gasteiger partial charge in [-0.25, -0.2) is 0 Å². The second-order valence-corrected chi connectivity index (χ2v) is 8.90. The fourth-order valence-corrected chi connectivity index (χ4v) is 6.70. The number of rotatable bonds is 4. The van der Waals surface area contributed by atoms with E-state index in [4.69, 9.17) is 19.0 Å². The second kappa shape index (κ2) is 6.00. The molecule has 4 bridgehead atoms. The molecule has 6 nitrogen and oxygen atoms in total. The standard InChI is InChI=1S/2C11H12O3/c2*12-10(13)9-7-3-4-11(9,6-7)8-2-1-5-14-8/h2*1-2,5,7,9H,3-4,6H2,(H,12,13). The van der Waals surface area contributed by atoms with Crippen molar-refractivity contribution in [2.24, 2.45) is 23.7 Å². The van der Waals surface area contributed by atoms with Gasteiger partial charge in [0.1, 0.15) is 11.5 Å². The van der Waals surface area contributed by atoms with E-state index in [0.717, 1.165) is 50.0 Å². The molecule has 0 radical (unpaired) electrons. The Kier molecular flexibility index (Phi) is 3.77. The van der Waals surface area contributed by atoms with Crippen molar-refractivity contribution in [1.82, 2.24) is 0 Å². The van der Waals surface area contributed by atoms with Crippen LogP contribution in [0.2, 0.25) is 0 Å². The third-order valence-corrected chi connectivity index (χ3v) is 7.86. The Morgan fingerprint density at radius 3 is 1.54 bits per heavy atom. The topological polar surface area (TPSA) is 101 Å². The van der Waals surface area contributed by atoms with Gasteiger partial charge in [0.25, 0.3) is 0 Å². The quantitative estimate of drug-likeness (QED) is 0.824. The molecule has 0 aromatic carbocycles. The Bertz CT molecular complexity index is 802. The summed E-state index contributed by atoms with van der Waals surface area (Å²) in [5.41, 5.74) is -0.333. The van der Waals surface area contributed by atoms with Crippen molar-refractivity contribution in [2.75, 3.05) is 0 Å². The van der Waals surface area contributed by atoms with E-state index >= 15 is 0 Å². The van der Waals surface area contributed by atoms with Crippen LogP contribution in [0.25, 0.3) is 0 Å². The molecule has 6 fully saturated rings. The van der Waals surface area contributed by atoms with E-state index in [1.807, 2.05) is 24.3 Å². The van der Waals surface area contributed by atoms with Crippen molar-refractivity contribution < 1.29 is 28.6 Å². The molecule has 2 aromatic heterocycles. The number of carboxylic acids is 2. The van der Waals surface area contributed by atoms with Crippen LogP contribution in [-0.4, -0.2) is 22.2 Å². The van der Waals surface area contributed by atoms with E-state index in [-0.39, 0.29) is 22.7 Å². The number of aliphatic carboxylic acids is 2. The van der Waals surface area contributed by atoms with E-state index in [2.05, 4.69) is 0 Å². The molecule has 0 amide bonds. The molecule has 6 aliphatic carbocycles. The summed E-state index contributed by atoms with van der Waals surface area (Å²) in [5.74, 6) is 0.806. The third kappa shape index (κ3) is 2.20. The highest BCUT2D eigenvalue weighted by Gasteiger charge is 2.65. The van der Waals surface area contributed by atoms with Gasteiger partial charge in [0.15, 0.2) is 0 Å². The van der Waals surface area contributed by atoms with Crippen molar-refractivity contribution in [2.45, 2.75) is 49.4 Å². The average molecular weight is 384 g/mol. The van der Waals surface area contributed by atoms with Crippen molar-refractivity contribution >= 4 is 11.9 Å². The average Bonchev–Trinajstić information content (AvgIpc) is 3.47. The molecule has 6 heteroatoms. The molecule has 6 saturated carbocycles. The van der Waals surface area contributed by atoms with Crippen molar-refractivity contribution in [3.63, 3.8) is 0 Å². The summed E-state index contributed by atoms with van der Waals surface area (Å²) < 4.78 is 10.8. The number of furan rings is 2. The minimum atomic E-state index is -0.657. The number of fused-ring (bicyclic) bond motifs is 2. The highest BCUT2D eigenvalue weighted by atomic mass is 16.4. The zero-order chi connectivity index (χ0) is 19.5. The Hall–Kier alpha value is -2.50. The summed E-state index contributed by atoms with van der Waals surface area (Å²) in [6.45, 7) is 0. The first-order valence-electron chi connectivity index (χ1n) is 10.0. The lowest BCUT2D eigenvalue weighted by molar-refractivity contribution is -0.152. The van der Waals surface area contributed by atoms with Crippen LogP contribution < -0.4 is 0 Å². The Labute approximate surface area is 162 Å².